The van der Waals surface area contributed by atoms with Crippen molar-refractivity contribution in [1.82, 2.24) is 10.3 Å². The van der Waals surface area contributed by atoms with E-state index in [1.165, 1.54) is 24.3 Å². The van der Waals surface area contributed by atoms with Gasteiger partial charge in [-0.2, -0.15) is 11.8 Å². The zero-order valence-corrected chi connectivity index (χ0v) is 13.8. The number of hydrogen-bond donors (Lipinski definition) is 2. The molecule has 0 aromatic carbocycles. The molecule has 0 unspecified atom stereocenters. The molecular formula is C16H25N3OS. The van der Waals surface area contributed by atoms with Gasteiger partial charge in [-0.05, 0) is 48.8 Å². The van der Waals surface area contributed by atoms with Crippen LogP contribution < -0.4 is 10.6 Å². The van der Waals surface area contributed by atoms with Crippen LogP contribution >= 0.6 is 11.8 Å². The Morgan fingerprint density at radius 1 is 1.38 bits per heavy atom. The van der Waals surface area contributed by atoms with E-state index in [4.69, 9.17) is 0 Å². The smallest absolute Gasteiger partial charge is 0.251 e. The second-order valence-corrected chi connectivity index (χ2v) is 6.72. The van der Waals surface area contributed by atoms with Gasteiger partial charge in [0.15, 0.2) is 0 Å². The fourth-order valence-corrected chi connectivity index (χ4v) is 3.72. The maximum absolute atomic E-state index is 12.3. The summed E-state index contributed by atoms with van der Waals surface area (Å²) >= 11 is 2.01. The second-order valence-electron chi connectivity index (χ2n) is 5.50. The lowest BCUT2D eigenvalue weighted by Gasteiger charge is -2.21. The molecule has 0 saturated carbocycles. The van der Waals surface area contributed by atoms with Crippen molar-refractivity contribution in [2.45, 2.75) is 32.6 Å². The fraction of sp³-hybridized carbons (Fsp3) is 0.625. The van der Waals surface area contributed by atoms with E-state index in [0.717, 1.165) is 30.9 Å². The van der Waals surface area contributed by atoms with E-state index < -0.39 is 0 Å². The van der Waals surface area contributed by atoms with Gasteiger partial charge in [0, 0.05) is 24.8 Å². The highest BCUT2D eigenvalue weighted by molar-refractivity contribution is 7.99. The van der Waals surface area contributed by atoms with Crippen molar-refractivity contribution >= 4 is 23.5 Å². The van der Waals surface area contributed by atoms with Crippen LogP contribution in [0, 0.1) is 5.92 Å². The van der Waals surface area contributed by atoms with E-state index in [1.54, 1.807) is 0 Å². The van der Waals surface area contributed by atoms with Crippen molar-refractivity contribution in [3.63, 3.8) is 0 Å². The van der Waals surface area contributed by atoms with Crippen LogP contribution in [0.3, 0.4) is 0 Å². The van der Waals surface area contributed by atoms with Gasteiger partial charge in [0.2, 0.25) is 0 Å². The average molecular weight is 307 g/mol. The van der Waals surface area contributed by atoms with Crippen molar-refractivity contribution in [3.8, 4) is 0 Å². The molecule has 0 spiro atoms. The number of thioether (sulfide) groups is 1. The molecular weight excluding hydrogens is 282 g/mol. The number of nitrogens with one attached hydrogen (secondary N) is 2. The Morgan fingerprint density at radius 2 is 2.14 bits per heavy atom. The quantitative estimate of drug-likeness (QED) is 0.848. The predicted molar refractivity (Wildman–Crippen MR) is 90.2 cm³/mol. The number of anilines is 1. The SMILES string of the molecule is CCCc1cc(C(=O)NCC2CCSCC2)cc(NC)n1. The molecule has 116 valence electrons. The zero-order chi connectivity index (χ0) is 15.1. The van der Waals surface area contributed by atoms with Gasteiger partial charge in [0.25, 0.3) is 5.91 Å². The zero-order valence-electron chi connectivity index (χ0n) is 12.9. The minimum atomic E-state index is 0.0180. The van der Waals surface area contributed by atoms with Crippen molar-refractivity contribution < 1.29 is 4.79 Å². The summed E-state index contributed by atoms with van der Waals surface area (Å²) in [6.45, 7) is 2.91. The van der Waals surface area contributed by atoms with Gasteiger partial charge < -0.3 is 10.6 Å². The minimum Gasteiger partial charge on any atom is -0.373 e. The maximum atomic E-state index is 12.3. The number of rotatable bonds is 6. The number of hydrogen-bond acceptors (Lipinski definition) is 4. The standard InChI is InChI=1S/C16H25N3OS/c1-3-4-14-9-13(10-15(17-2)19-14)16(20)18-11-12-5-7-21-8-6-12/h9-10,12H,3-8,11H2,1-2H3,(H,17,19)(H,18,20). The molecule has 1 aromatic rings. The lowest BCUT2D eigenvalue weighted by atomic mass is 10.0. The monoisotopic (exact) mass is 307 g/mol. The van der Waals surface area contributed by atoms with Gasteiger partial charge >= 0.3 is 0 Å². The van der Waals surface area contributed by atoms with Crippen LogP contribution in [0.15, 0.2) is 12.1 Å². The Hall–Kier alpha value is -1.23. The van der Waals surface area contributed by atoms with Crippen LogP contribution in [0.4, 0.5) is 5.82 Å². The molecule has 2 heterocycles. The molecule has 0 aliphatic carbocycles. The number of nitrogens with zero attached hydrogens (tertiary/aromatic N) is 1. The molecule has 1 aromatic heterocycles. The normalized spacial score (nSPS) is 15.7. The number of carbonyl (C=O) groups is 1. The van der Waals surface area contributed by atoms with Gasteiger partial charge in [-0.1, -0.05) is 13.3 Å². The third-order valence-electron chi connectivity index (χ3n) is 3.80. The van der Waals surface area contributed by atoms with Gasteiger partial charge in [-0.3, -0.25) is 4.79 Å². The highest BCUT2D eigenvalue weighted by atomic mass is 32.2. The first-order valence-corrected chi connectivity index (χ1v) is 8.93. The lowest BCUT2D eigenvalue weighted by Crippen LogP contribution is -2.31. The van der Waals surface area contributed by atoms with E-state index in [1.807, 2.05) is 30.9 Å². The van der Waals surface area contributed by atoms with Crippen LogP contribution in [0.2, 0.25) is 0 Å². The summed E-state index contributed by atoms with van der Waals surface area (Å²) in [5.41, 5.74) is 1.69. The molecule has 1 saturated heterocycles. The van der Waals surface area contributed by atoms with Crippen LogP contribution in [-0.2, 0) is 6.42 Å². The molecule has 21 heavy (non-hydrogen) atoms. The lowest BCUT2D eigenvalue weighted by molar-refractivity contribution is 0.0946. The molecule has 1 aliphatic heterocycles. The van der Waals surface area contributed by atoms with Gasteiger partial charge in [0.05, 0.1) is 0 Å². The topological polar surface area (TPSA) is 54.0 Å². The third-order valence-corrected chi connectivity index (χ3v) is 4.84. The number of aromatic nitrogens is 1. The van der Waals surface area contributed by atoms with E-state index in [9.17, 15) is 4.79 Å². The maximum Gasteiger partial charge on any atom is 0.251 e. The third kappa shape index (κ3) is 4.92. The Balaban J connectivity index is 1.98. The van der Waals surface area contributed by atoms with Crippen LogP contribution in [0.1, 0.15) is 42.2 Å². The van der Waals surface area contributed by atoms with Gasteiger partial charge in [-0.15, -0.1) is 0 Å². The molecule has 0 radical (unpaired) electrons. The molecule has 0 bridgehead atoms. The number of pyridine rings is 1. The number of amides is 1. The summed E-state index contributed by atoms with van der Waals surface area (Å²) < 4.78 is 0. The van der Waals surface area contributed by atoms with Crippen molar-refractivity contribution in [2.24, 2.45) is 5.92 Å². The van der Waals surface area contributed by atoms with Gasteiger partial charge in [0.1, 0.15) is 5.82 Å². The molecule has 2 N–H and O–H groups in total. The van der Waals surface area contributed by atoms with Gasteiger partial charge in [-0.25, -0.2) is 4.98 Å². The van der Waals surface area contributed by atoms with E-state index in [2.05, 4.69) is 22.5 Å². The van der Waals surface area contributed by atoms with E-state index in [-0.39, 0.29) is 5.91 Å². The Bertz CT molecular complexity index is 473. The highest BCUT2D eigenvalue weighted by Gasteiger charge is 2.16. The van der Waals surface area contributed by atoms with Crippen LogP contribution in [-0.4, -0.2) is 36.0 Å². The Labute approximate surface area is 131 Å². The Kier molecular flexibility index (Phi) is 6.36. The molecule has 1 fully saturated rings. The summed E-state index contributed by atoms with van der Waals surface area (Å²) in [6.07, 6.45) is 4.35. The first-order valence-electron chi connectivity index (χ1n) is 7.77. The number of aryl methyl sites for hydroxylation is 1. The fourth-order valence-electron chi connectivity index (χ4n) is 2.52. The number of carbonyl (C=O) groups excluding carboxylic acids is 1. The van der Waals surface area contributed by atoms with Crippen molar-refractivity contribution in [1.29, 1.82) is 0 Å². The van der Waals surface area contributed by atoms with Crippen LogP contribution in [0.25, 0.3) is 0 Å². The summed E-state index contributed by atoms with van der Waals surface area (Å²) in [7, 11) is 1.83. The van der Waals surface area contributed by atoms with E-state index >= 15 is 0 Å². The first-order chi connectivity index (χ1) is 10.2. The van der Waals surface area contributed by atoms with E-state index in [0.29, 0.717) is 11.5 Å². The molecule has 1 amide bonds. The summed E-state index contributed by atoms with van der Waals surface area (Å²) in [6, 6.07) is 3.74. The summed E-state index contributed by atoms with van der Waals surface area (Å²) in [5.74, 6) is 3.86. The molecule has 1 aliphatic rings. The minimum absolute atomic E-state index is 0.0180. The predicted octanol–water partition coefficient (Wildman–Crippen LogP) is 2.95. The first kappa shape index (κ1) is 16.1. The van der Waals surface area contributed by atoms with Crippen LogP contribution in [0.5, 0.6) is 0 Å². The molecule has 2 rings (SSSR count). The second kappa shape index (κ2) is 8.27. The highest BCUT2D eigenvalue weighted by Crippen LogP contribution is 2.22. The molecule has 0 atom stereocenters. The largest absolute Gasteiger partial charge is 0.373 e. The molecule has 4 nitrogen and oxygen atoms in total. The Morgan fingerprint density at radius 3 is 2.81 bits per heavy atom. The summed E-state index contributed by atoms with van der Waals surface area (Å²) in [5, 5.41) is 6.12. The van der Waals surface area contributed by atoms with Crippen molar-refractivity contribution in [3.05, 3.63) is 23.4 Å². The summed E-state index contributed by atoms with van der Waals surface area (Å²) in [4.78, 5) is 16.8. The molecule has 5 heteroatoms. The average Bonchev–Trinajstić information content (AvgIpc) is 2.53. The van der Waals surface area contributed by atoms with Crippen molar-refractivity contribution in [2.75, 3.05) is 30.4 Å².